The molecule has 0 spiro atoms. The lowest BCUT2D eigenvalue weighted by Gasteiger charge is -2.07. The Morgan fingerprint density at radius 1 is 1.16 bits per heavy atom. The third kappa shape index (κ3) is 3.71. The fourth-order valence-electron chi connectivity index (χ4n) is 1.47. The van der Waals surface area contributed by atoms with E-state index in [4.69, 9.17) is 5.73 Å². The maximum atomic E-state index is 12.4. The SMILES string of the molecule is NCc1cccc(Sc2ccc(C(F)(F)F)cn2)c1. The van der Waals surface area contributed by atoms with Gasteiger partial charge >= 0.3 is 6.18 Å². The quantitative estimate of drug-likeness (QED) is 0.933. The van der Waals surface area contributed by atoms with Crippen LogP contribution >= 0.6 is 11.8 Å². The minimum atomic E-state index is -4.35. The molecule has 0 unspecified atom stereocenters. The van der Waals surface area contributed by atoms with Crippen molar-refractivity contribution in [1.82, 2.24) is 4.98 Å². The lowest BCUT2D eigenvalue weighted by Crippen LogP contribution is -2.05. The van der Waals surface area contributed by atoms with Crippen molar-refractivity contribution in [3.05, 3.63) is 53.7 Å². The van der Waals surface area contributed by atoms with Crippen LogP contribution < -0.4 is 5.73 Å². The zero-order valence-electron chi connectivity index (χ0n) is 9.82. The number of hydrogen-bond acceptors (Lipinski definition) is 3. The monoisotopic (exact) mass is 284 g/mol. The first-order chi connectivity index (χ1) is 8.99. The number of pyridine rings is 1. The second-order valence-electron chi connectivity index (χ2n) is 3.84. The summed E-state index contributed by atoms with van der Waals surface area (Å²) in [6.07, 6.45) is -3.51. The predicted molar refractivity (Wildman–Crippen MR) is 67.7 cm³/mol. The van der Waals surface area contributed by atoms with Crippen LogP contribution in [0.2, 0.25) is 0 Å². The Labute approximate surface area is 112 Å². The van der Waals surface area contributed by atoms with Gasteiger partial charge in [-0.25, -0.2) is 4.98 Å². The molecule has 0 aliphatic rings. The highest BCUT2D eigenvalue weighted by Gasteiger charge is 2.30. The number of nitrogens with two attached hydrogens (primary N) is 1. The molecule has 0 fully saturated rings. The topological polar surface area (TPSA) is 38.9 Å². The molecular formula is C13H11F3N2S. The maximum Gasteiger partial charge on any atom is 0.417 e. The van der Waals surface area contributed by atoms with Crippen LogP contribution in [-0.2, 0) is 12.7 Å². The molecule has 2 aromatic rings. The van der Waals surface area contributed by atoms with Gasteiger partial charge in [0.05, 0.1) is 5.56 Å². The minimum absolute atomic E-state index is 0.425. The van der Waals surface area contributed by atoms with Crippen LogP contribution in [0.25, 0.3) is 0 Å². The molecule has 0 aliphatic heterocycles. The molecule has 2 rings (SSSR count). The van der Waals surface area contributed by atoms with Crippen molar-refractivity contribution in [1.29, 1.82) is 0 Å². The van der Waals surface area contributed by atoms with Crippen LogP contribution in [0.15, 0.2) is 52.5 Å². The Bertz CT molecular complexity index is 553. The lowest BCUT2D eigenvalue weighted by molar-refractivity contribution is -0.137. The van der Waals surface area contributed by atoms with E-state index in [1.807, 2.05) is 24.3 Å². The van der Waals surface area contributed by atoms with E-state index in [1.54, 1.807) is 0 Å². The number of rotatable bonds is 3. The summed E-state index contributed by atoms with van der Waals surface area (Å²) in [5.74, 6) is 0. The number of nitrogens with zero attached hydrogens (tertiary/aromatic N) is 1. The van der Waals surface area contributed by atoms with E-state index in [9.17, 15) is 13.2 Å². The van der Waals surface area contributed by atoms with Crippen molar-refractivity contribution < 1.29 is 13.2 Å². The molecule has 1 aromatic heterocycles. The first-order valence-corrected chi connectivity index (χ1v) is 6.31. The van der Waals surface area contributed by atoms with Crippen molar-refractivity contribution in [2.45, 2.75) is 22.6 Å². The smallest absolute Gasteiger partial charge is 0.326 e. The molecule has 1 aromatic carbocycles. The Hall–Kier alpha value is -1.53. The van der Waals surface area contributed by atoms with Gasteiger partial charge in [-0.2, -0.15) is 13.2 Å². The van der Waals surface area contributed by atoms with Gasteiger partial charge in [-0.05, 0) is 29.8 Å². The van der Waals surface area contributed by atoms with E-state index in [1.165, 1.54) is 17.8 Å². The van der Waals surface area contributed by atoms with Gasteiger partial charge < -0.3 is 5.73 Å². The molecule has 0 bridgehead atoms. The Morgan fingerprint density at radius 2 is 1.95 bits per heavy atom. The van der Waals surface area contributed by atoms with Crippen molar-refractivity contribution in [3.8, 4) is 0 Å². The molecule has 0 amide bonds. The van der Waals surface area contributed by atoms with E-state index < -0.39 is 11.7 Å². The fraction of sp³-hybridized carbons (Fsp3) is 0.154. The van der Waals surface area contributed by atoms with Crippen molar-refractivity contribution >= 4 is 11.8 Å². The first-order valence-electron chi connectivity index (χ1n) is 5.49. The number of benzene rings is 1. The summed E-state index contributed by atoms with van der Waals surface area (Å²) in [7, 11) is 0. The maximum absolute atomic E-state index is 12.4. The third-order valence-electron chi connectivity index (χ3n) is 2.42. The second-order valence-corrected chi connectivity index (χ2v) is 4.93. The molecule has 0 atom stereocenters. The van der Waals surface area contributed by atoms with Crippen LogP contribution in [0.1, 0.15) is 11.1 Å². The van der Waals surface area contributed by atoms with Crippen LogP contribution in [0, 0.1) is 0 Å². The molecule has 2 N–H and O–H groups in total. The highest BCUT2D eigenvalue weighted by molar-refractivity contribution is 7.99. The summed E-state index contributed by atoms with van der Waals surface area (Å²) in [4.78, 5) is 4.71. The van der Waals surface area contributed by atoms with E-state index in [2.05, 4.69) is 4.98 Å². The molecule has 6 heteroatoms. The average Bonchev–Trinajstić information content (AvgIpc) is 2.38. The molecule has 0 radical (unpaired) electrons. The molecule has 0 aliphatic carbocycles. The Balaban J connectivity index is 2.15. The summed E-state index contributed by atoms with van der Waals surface area (Å²) in [6.45, 7) is 0.425. The predicted octanol–water partition coefficient (Wildman–Crippen LogP) is 3.71. The molecular weight excluding hydrogens is 273 g/mol. The third-order valence-corrected chi connectivity index (χ3v) is 3.36. The normalized spacial score (nSPS) is 11.6. The summed E-state index contributed by atoms with van der Waals surface area (Å²) in [5.41, 5.74) is 5.76. The van der Waals surface area contributed by atoms with Gasteiger partial charge in [-0.3, -0.25) is 0 Å². The molecule has 0 saturated heterocycles. The largest absolute Gasteiger partial charge is 0.417 e. The van der Waals surface area contributed by atoms with Gasteiger partial charge in [0, 0.05) is 17.6 Å². The second kappa shape index (κ2) is 5.63. The zero-order valence-corrected chi connectivity index (χ0v) is 10.6. The van der Waals surface area contributed by atoms with E-state index >= 15 is 0 Å². The summed E-state index contributed by atoms with van der Waals surface area (Å²) < 4.78 is 37.2. The number of alkyl halides is 3. The summed E-state index contributed by atoms with van der Waals surface area (Å²) in [6, 6.07) is 9.90. The van der Waals surface area contributed by atoms with Gasteiger partial charge in [-0.1, -0.05) is 23.9 Å². The van der Waals surface area contributed by atoms with Crippen molar-refractivity contribution in [2.24, 2.45) is 5.73 Å². The van der Waals surface area contributed by atoms with Gasteiger partial charge in [0.15, 0.2) is 0 Å². The van der Waals surface area contributed by atoms with Crippen LogP contribution in [-0.4, -0.2) is 4.98 Å². The van der Waals surface area contributed by atoms with Crippen molar-refractivity contribution in [2.75, 3.05) is 0 Å². The van der Waals surface area contributed by atoms with Crippen LogP contribution in [0.3, 0.4) is 0 Å². The van der Waals surface area contributed by atoms with E-state index in [0.717, 1.165) is 22.7 Å². The molecule has 2 nitrogen and oxygen atoms in total. The number of halogens is 3. The number of hydrogen-bond donors (Lipinski definition) is 1. The molecule has 100 valence electrons. The zero-order chi connectivity index (χ0) is 13.9. The van der Waals surface area contributed by atoms with Gasteiger partial charge in [-0.15, -0.1) is 0 Å². The average molecular weight is 284 g/mol. The summed E-state index contributed by atoms with van der Waals surface area (Å²) >= 11 is 1.30. The van der Waals surface area contributed by atoms with Gasteiger partial charge in [0.25, 0.3) is 0 Å². The number of aromatic nitrogens is 1. The van der Waals surface area contributed by atoms with E-state index in [0.29, 0.717) is 11.6 Å². The highest BCUT2D eigenvalue weighted by atomic mass is 32.2. The molecule has 0 saturated carbocycles. The van der Waals surface area contributed by atoms with Gasteiger partial charge in [0.1, 0.15) is 5.03 Å². The van der Waals surface area contributed by atoms with E-state index in [-0.39, 0.29) is 0 Å². The summed E-state index contributed by atoms with van der Waals surface area (Å²) in [5, 5.41) is 0.516. The van der Waals surface area contributed by atoms with Gasteiger partial charge in [0.2, 0.25) is 0 Å². The van der Waals surface area contributed by atoms with Crippen LogP contribution in [0.5, 0.6) is 0 Å². The fourth-order valence-corrected chi connectivity index (χ4v) is 2.30. The van der Waals surface area contributed by atoms with Crippen molar-refractivity contribution in [3.63, 3.8) is 0 Å². The lowest BCUT2D eigenvalue weighted by atomic mass is 10.2. The Kier molecular flexibility index (Phi) is 4.11. The highest BCUT2D eigenvalue weighted by Crippen LogP contribution is 2.31. The Morgan fingerprint density at radius 3 is 2.53 bits per heavy atom. The standard InChI is InChI=1S/C13H11F3N2S/c14-13(15,16)10-4-5-12(18-8-10)19-11-3-1-2-9(6-11)7-17/h1-6,8H,7,17H2. The molecule has 1 heterocycles. The van der Waals surface area contributed by atoms with Crippen LogP contribution in [0.4, 0.5) is 13.2 Å². The molecule has 19 heavy (non-hydrogen) atoms. The first kappa shape index (κ1) is 13.9. The minimum Gasteiger partial charge on any atom is -0.326 e.